The second kappa shape index (κ2) is 14.0. The number of unbranched alkanes of at least 4 members (excludes halogenated alkanes) is 4. The zero-order chi connectivity index (χ0) is 17.5. The number of carboxylic acid groups (broad SMARTS) is 1. The highest BCUT2D eigenvalue weighted by molar-refractivity contribution is 5.71. The Balaban J connectivity index is 3.37. The number of rotatable bonds is 14. The Morgan fingerprint density at radius 3 is 2.00 bits per heavy atom. The van der Waals surface area contributed by atoms with Gasteiger partial charge in [-0.2, -0.15) is 0 Å². The van der Waals surface area contributed by atoms with E-state index < -0.39 is 5.97 Å². The average Bonchev–Trinajstić information content (AvgIpc) is 2.52. The fourth-order valence-corrected chi connectivity index (χ4v) is 1.84. The van der Waals surface area contributed by atoms with Crippen LogP contribution in [0.25, 0.3) is 0 Å². The minimum Gasteiger partial charge on any atom is -0.481 e. The van der Waals surface area contributed by atoms with E-state index in [1.54, 1.807) is 0 Å². The van der Waals surface area contributed by atoms with Gasteiger partial charge in [0.1, 0.15) is 0 Å². The van der Waals surface area contributed by atoms with Crippen molar-refractivity contribution in [1.29, 1.82) is 0 Å². The highest BCUT2D eigenvalue weighted by Crippen LogP contribution is 2.06. The molecule has 0 fully saturated rings. The first-order valence-corrected chi connectivity index (χ1v) is 8.51. The molecule has 6 nitrogen and oxygen atoms in total. The summed E-state index contributed by atoms with van der Waals surface area (Å²) in [5.74, 6) is -1.23. The van der Waals surface area contributed by atoms with Gasteiger partial charge in [-0.25, -0.2) is 0 Å². The highest BCUT2D eigenvalue weighted by atomic mass is 16.5. The molecule has 0 aromatic rings. The van der Waals surface area contributed by atoms with Crippen molar-refractivity contribution in [2.45, 2.75) is 71.6 Å². The standard InChI is InChI=1S/C17H30O6/c1-3-14(2)17(21)23-13-9-5-7-11-16(20)22-12-8-4-6-10-15(18)19/h14H,3-13H2,1-2H3,(H,18,19). The van der Waals surface area contributed by atoms with E-state index in [-0.39, 0.29) is 24.3 Å². The molecular weight excluding hydrogens is 300 g/mol. The molecule has 0 aromatic heterocycles. The van der Waals surface area contributed by atoms with Crippen molar-refractivity contribution >= 4 is 17.9 Å². The maximum atomic E-state index is 11.5. The Morgan fingerprint density at radius 2 is 1.43 bits per heavy atom. The third kappa shape index (κ3) is 13.8. The fraction of sp³-hybridized carbons (Fsp3) is 0.824. The molecule has 1 N–H and O–H groups in total. The molecule has 0 saturated carbocycles. The lowest BCUT2D eigenvalue weighted by molar-refractivity contribution is -0.148. The number of carboxylic acids is 1. The van der Waals surface area contributed by atoms with Gasteiger partial charge in [-0.15, -0.1) is 0 Å². The molecule has 23 heavy (non-hydrogen) atoms. The zero-order valence-electron chi connectivity index (χ0n) is 14.3. The molecule has 0 radical (unpaired) electrons. The van der Waals surface area contributed by atoms with Crippen LogP contribution in [-0.2, 0) is 23.9 Å². The topological polar surface area (TPSA) is 89.9 Å². The molecule has 0 amide bonds. The Labute approximate surface area is 138 Å². The van der Waals surface area contributed by atoms with E-state index in [0.717, 1.165) is 32.1 Å². The monoisotopic (exact) mass is 330 g/mol. The van der Waals surface area contributed by atoms with Crippen molar-refractivity contribution in [1.82, 2.24) is 0 Å². The minimum atomic E-state index is -0.795. The van der Waals surface area contributed by atoms with Gasteiger partial charge in [0.2, 0.25) is 0 Å². The van der Waals surface area contributed by atoms with Crippen LogP contribution in [0.2, 0.25) is 0 Å². The van der Waals surface area contributed by atoms with Crippen LogP contribution in [0.3, 0.4) is 0 Å². The molecule has 0 spiro atoms. The van der Waals surface area contributed by atoms with Crippen molar-refractivity contribution < 1.29 is 29.0 Å². The third-order valence-electron chi connectivity index (χ3n) is 3.58. The maximum absolute atomic E-state index is 11.5. The van der Waals surface area contributed by atoms with Crippen molar-refractivity contribution in [3.05, 3.63) is 0 Å². The summed E-state index contributed by atoms with van der Waals surface area (Å²) >= 11 is 0. The quantitative estimate of drug-likeness (QED) is 0.388. The Bertz CT molecular complexity index is 353. The van der Waals surface area contributed by atoms with Crippen LogP contribution in [0.1, 0.15) is 71.6 Å². The van der Waals surface area contributed by atoms with E-state index in [4.69, 9.17) is 14.6 Å². The minimum absolute atomic E-state index is 0.0551. The van der Waals surface area contributed by atoms with Crippen molar-refractivity contribution in [3.63, 3.8) is 0 Å². The van der Waals surface area contributed by atoms with Gasteiger partial charge in [0, 0.05) is 12.8 Å². The molecule has 0 bridgehead atoms. The maximum Gasteiger partial charge on any atom is 0.308 e. The highest BCUT2D eigenvalue weighted by Gasteiger charge is 2.11. The molecule has 0 aliphatic rings. The molecule has 1 atom stereocenters. The number of hydrogen-bond donors (Lipinski definition) is 1. The molecule has 6 heteroatoms. The van der Waals surface area contributed by atoms with Crippen molar-refractivity contribution in [3.8, 4) is 0 Å². The summed E-state index contributed by atoms with van der Waals surface area (Å²) in [5.41, 5.74) is 0. The van der Waals surface area contributed by atoms with Gasteiger partial charge in [-0.1, -0.05) is 13.8 Å². The summed E-state index contributed by atoms with van der Waals surface area (Å²) in [6, 6.07) is 0. The second-order valence-electron chi connectivity index (χ2n) is 5.71. The molecule has 0 aliphatic carbocycles. The lowest BCUT2D eigenvalue weighted by atomic mass is 10.1. The Kier molecular flexibility index (Phi) is 13.1. The second-order valence-corrected chi connectivity index (χ2v) is 5.71. The predicted molar refractivity (Wildman–Crippen MR) is 85.9 cm³/mol. The van der Waals surface area contributed by atoms with E-state index in [1.165, 1.54) is 0 Å². The van der Waals surface area contributed by atoms with Crippen LogP contribution in [0, 0.1) is 5.92 Å². The zero-order valence-corrected chi connectivity index (χ0v) is 14.3. The molecule has 0 aromatic carbocycles. The Hall–Kier alpha value is -1.59. The normalized spacial score (nSPS) is 11.7. The smallest absolute Gasteiger partial charge is 0.308 e. The van der Waals surface area contributed by atoms with Crippen LogP contribution in [0.5, 0.6) is 0 Å². The summed E-state index contributed by atoms with van der Waals surface area (Å²) in [4.78, 5) is 33.2. The molecule has 1 unspecified atom stereocenters. The van der Waals surface area contributed by atoms with Gasteiger partial charge in [0.15, 0.2) is 0 Å². The van der Waals surface area contributed by atoms with Crippen LogP contribution in [-0.4, -0.2) is 36.2 Å². The number of ether oxygens (including phenoxy) is 2. The van der Waals surface area contributed by atoms with Crippen LogP contribution in [0.4, 0.5) is 0 Å². The molecular formula is C17H30O6. The van der Waals surface area contributed by atoms with E-state index in [9.17, 15) is 14.4 Å². The summed E-state index contributed by atoms with van der Waals surface area (Å²) in [6.45, 7) is 4.55. The number of carbonyl (C=O) groups excluding carboxylic acids is 2. The Morgan fingerprint density at radius 1 is 0.870 bits per heavy atom. The molecule has 0 aliphatic heterocycles. The van der Waals surface area contributed by atoms with Gasteiger partial charge in [-0.3, -0.25) is 14.4 Å². The third-order valence-corrected chi connectivity index (χ3v) is 3.58. The van der Waals surface area contributed by atoms with Gasteiger partial charge >= 0.3 is 17.9 Å². The molecule has 134 valence electrons. The van der Waals surface area contributed by atoms with E-state index in [2.05, 4.69) is 0 Å². The summed E-state index contributed by atoms with van der Waals surface area (Å²) in [6.07, 6.45) is 5.67. The first kappa shape index (κ1) is 21.4. The molecule has 0 rings (SSSR count). The first-order valence-electron chi connectivity index (χ1n) is 8.51. The number of esters is 2. The number of carbonyl (C=O) groups is 3. The van der Waals surface area contributed by atoms with Crippen molar-refractivity contribution in [2.75, 3.05) is 13.2 Å². The van der Waals surface area contributed by atoms with E-state index in [1.807, 2.05) is 13.8 Å². The SMILES string of the molecule is CCC(C)C(=O)OCCCCCC(=O)OCCCCCC(=O)O. The van der Waals surface area contributed by atoms with Crippen LogP contribution in [0.15, 0.2) is 0 Å². The predicted octanol–water partition coefficient (Wildman–Crippen LogP) is 3.32. The summed E-state index contributed by atoms with van der Waals surface area (Å²) < 4.78 is 10.2. The lowest BCUT2D eigenvalue weighted by Gasteiger charge is -2.09. The van der Waals surface area contributed by atoms with E-state index >= 15 is 0 Å². The van der Waals surface area contributed by atoms with Gasteiger partial charge in [0.05, 0.1) is 19.1 Å². The van der Waals surface area contributed by atoms with Gasteiger partial charge in [-0.05, 0) is 44.9 Å². The van der Waals surface area contributed by atoms with Crippen LogP contribution >= 0.6 is 0 Å². The molecule has 0 saturated heterocycles. The summed E-state index contributed by atoms with van der Waals surface area (Å²) in [5, 5.41) is 8.47. The lowest BCUT2D eigenvalue weighted by Crippen LogP contribution is -2.14. The van der Waals surface area contributed by atoms with Gasteiger partial charge < -0.3 is 14.6 Å². The van der Waals surface area contributed by atoms with E-state index in [0.29, 0.717) is 32.5 Å². The largest absolute Gasteiger partial charge is 0.481 e. The number of hydrogen-bond acceptors (Lipinski definition) is 5. The van der Waals surface area contributed by atoms with Gasteiger partial charge in [0.25, 0.3) is 0 Å². The molecule has 0 heterocycles. The first-order chi connectivity index (χ1) is 11.0. The fourth-order valence-electron chi connectivity index (χ4n) is 1.84. The average molecular weight is 330 g/mol. The van der Waals surface area contributed by atoms with Crippen molar-refractivity contribution in [2.24, 2.45) is 5.92 Å². The van der Waals surface area contributed by atoms with Crippen LogP contribution < -0.4 is 0 Å². The summed E-state index contributed by atoms with van der Waals surface area (Å²) in [7, 11) is 0. The number of aliphatic carboxylic acids is 1.